The van der Waals surface area contributed by atoms with Gasteiger partial charge in [-0.15, -0.1) is 0 Å². The topological polar surface area (TPSA) is 0 Å². The van der Waals surface area contributed by atoms with Crippen molar-refractivity contribution in [3.8, 4) is 0 Å². The molecule has 1 aromatic rings. The largest absolute Gasteiger partial charge is 0.0625 e. The molecule has 1 fully saturated rings. The number of hydrogen-bond acceptors (Lipinski definition) is 0. The van der Waals surface area contributed by atoms with Gasteiger partial charge in [-0.05, 0) is 80.2 Å². The van der Waals surface area contributed by atoms with E-state index in [1.54, 1.807) is 11.1 Å². The van der Waals surface area contributed by atoms with Crippen LogP contribution in [0.15, 0.2) is 6.07 Å². The molecule has 0 aliphatic heterocycles. The van der Waals surface area contributed by atoms with Crippen LogP contribution in [0.25, 0.3) is 0 Å². The maximum Gasteiger partial charge on any atom is 0 e. The molecule has 0 nitrogen and oxygen atoms in total. The summed E-state index contributed by atoms with van der Waals surface area (Å²) in [4.78, 5) is 0. The Kier molecular flexibility index (Phi) is 3.61. The van der Waals surface area contributed by atoms with Crippen LogP contribution in [0.2, 0.25) is 0 Å². The van der Waals surface area contributed by atoms with Gasteiger partial charge in [0.05, 0.1) is 0 Å². The zero-order chi connectivity index (χ0) is 12.6. The van der Waals surface area contributed by atoms with Gasteiger partial charge in [0.1, 0.15) is 0 Å². The molecule has 0 spiro atoms. The highest BCUT2D eigenvalue weighted by molar-refractivity contribution is 5.45. The number of hydrogen-bond donors (Lipinski definition) is 0. The molecule has 0 heteroatoms. The summed E-state index contributed by atoms with van der Waals surface area (Å²) in [5, 5.41) is 0. The maximum absolute atomic E-state index is 2.46. The highest BCUT2D eigenvalue weighted by Gasteiger charge is 2.22. The van der Waals surface area contributed by atoms with E-state index in [0.29, 0.717) is 0 Å². The predicted octanol–water partition coefficient (Wildman–Crippen LogP) is 5.46. The first-order valence-corrected chi connectivity index (χ1v) is 7.08. The van der Waals surface area contributed by atoms with Crippen LogP contribution in [0.4, 0.5) is 0 Å². The van der Waals surface area contributed by atoms with Crippen LogP contribution in [0.5, 0.6) is 0 Å². The molecular weight excluding hydrogens is 204 g/mol. The smallest absolute Gasteiger partial charge is 0 e. The first kappa shape index (κ1) is 12.7. The van der Waals surface area contributed by atoms with E-state index in [-0.39, 0.29) is 1.43 Å². The minimum Gasteiger partial charge on any atom is -0.0625 e. The summed E-state index contributed by atoms with van der Waals surface area (Å²) in [6.45, 7) is 11.5. The SMILES string of the molecule is Cc1cc(C2CCC(C)CC2)c(C)c(C)c1C.[HH]. The highest BCUT2D eigenvalue weighted by Crippen LogP contribution is 2.38. The summed E-state index contributed by atoms with van der Waals surface area (Å²) in [5.74, 6) is 1.77. The molecular formula is C17H28. The highest BCUT2D eigenvalue weighted by atomic mass is 14.3. The lowest BCUT2D eigenvalue weighted by molar-refractivity contribution is 0.347. The molecule has 1 aliphatic rings. The average Bonchev–Trinajstić information content (AvgIpc) is 2.32. The van der Waals surface area contributed by atoms with E-state index in [9.17, 15) is 0 Å². The molecule has 0 amide bonds. The first-order valence-electron chi connectivity index (χ1n) is 7.08. The van der Waals surface area contributed by atoms with Crippen molar-refractivity contribution in [1.29, 1.82) is 0 Å². The predicted molar refractivity (Wildman–Crippen MR) is 77.9 cm³/mol. The lowest BCUT2D eigenvalue weighted by atomic mass is 9.76. The fourth-order valence-electron chi connectivity index (χ4n) is 3.24. The van der Waals surface area contributed by atoms with Crippen molar-refractivity contribution in [2.24, 2.45) is 5.92 Å². The van der Waals surface area contributed by atoms with E-state index in [0.717, 1.165) is 11.8 Å². The van der Waals surface area contributed by atoms with E-state index in [4.69, 9.17) is 0 Å². The van der Waals surface area contributed by atoms with Gasteiger partial charge in [-0.25, -0.2) is 0 Å². The molecule has 0 atom stereocenters. The lowest BCUT2D eigenvalue weighted by Gasteiger charge is -2.29. The molecule has 0 aromatic heterocycles. The van der Waals surface area contributed by atoms with Crippen LogP contribution in [0, 0.1) is 33.6 Å². The van der Waals surface area contributed by atoms with Gasteiger partial charge in [0.2, 0.25) is 0 Å². The molecule has 2 rings (SSSR count). The molecule has 0 N–H and O–H groups in total. The Bertz CT molecular complexity index is 412. The molecule has 1 aliphatic carbocycles. The number of rotatable bonds is 1. The van der Waals surface area contributed by atoms with Crippen LogP contribution in [0.3, 0.4) is 0 Å². The third-order valence-electron chi connectivity index (χ3n) is 4.98. The van der Waals surface area contributed by atoms with E-state index >= 15 is 0 Å². The van der Waals surface area contributed by atoms with Crippen molar-refractivity contribution in [3.63, 3.8) is 0 Å². The van der Waals surface area contributed by atoms with Crippen molar-refractivity contribution in [3.05, 3.63) is 33.9 Å². The maximum atomic E-state index is 2.46. The minimum absolute atomic E-state index is 0. The van der Waals surface area contributed by atoms with E-state index < -0.39 is 0 Å². The van der Waals surface area contributed by atoms with Crippen molar-refractivity contribution >= 4 is 0 Å². The molecule has 1 aromatic carbocycles. The first-order chi connectivity index (χ1) is 8.00. The molecule has 96 valence electrons. The zero-order valence-electron chi connectivity index (χ0n) is 12.1. The van der Waals surface area contributed by atoms with E-state index in [1.165, 1.54) is 42.4 Å². The molecule has 17 heavy (non-hydrogen) atoms. The molecule has 0 radical (unpaired) electrons. The Morgan fingerprint density at radius 1 is 0.882 bits per heavy atom. The monoisotopic (exact) mass is 232 g/mol. The summed E-state index contributed by atoms with van der Waals surface area (Å²) in [6.07, 6.45) is 5.61. The summed E-state index contributed by atoms with van der Waals surface area (Å²) in [6, 6.07) is 2.46. The third-order valence-corrected chi connectivity index (χ3v) is 4.98. The van der Waals surface area contributed by atoms with E-state index in [1.807, 2.05) is 0 Å². The Balaban J connectivity index is 0.00000162. The van der Waals surface area contributed by atoms with E-state index in [2.05, 4.69) is 40.7 Å². The zero-order valence-corrected chi connectivity index (χ0v) is 12.1. The van der Waals surface area contributed by atoms with Crippen LogP contribution in [-0.2, 0) is 0 Å². The van der Waals surface area contributed by atoms with Gasteiger partial charge >= 0.3 is 0 Å². The lowest BCUT2D eigenvalue weighted by Crippen LogP contribution is -2.13. The van der Waals surface area contributed by atoms with Gasteiger partial charge in [0.15, 0.2) is 0 Å². The van der Waals surface area contributed by atoms with Crippen LogP contribution in [-0.4, -0.2) is 0 Å². The number of benzene rings is 1. The van der Waals surface area contributed by atoms with Crippen LogP contribution >= 0.6 is 0 Å². The van der Waals surface area contributed by atoms with Gasteiger partial charge in [-0.3, -0.25) is 0 Å². The fraction of sp³-hybridized carbons (Fsp3) is 0.647. The summed E-state index contributed by atoms with van der Waals surface area (Å²) < 4.78 is 0. The van der Waals surface area contributed by atoms with Crippen LogP contribution < -0.4 is 0 Å². The van der Waals surface area contributed by atoms with Crippen molar-refractivity contribution in [2.75, 3.05) is 0 Å². The molecule has 0 bridgehead atoms. The Morgan fingerprint density at radius 2 is 1.47 bits per heavy atom. The Hall–Kier alpha value is -0.780. The normalized spacial score (nSPS) is 25.0. The quantitative estimate of drug-likeness (QED) is 0.603. The summed E-state index contributed by atoms with van der Waals surface area (Å²) >= 11 is 0. The molecule has 0 heterocycles. The second-order valence-corrected chi connectivity index (χ2v) is 6.11. The van der Waals surface area contributed by atoms with Crippen molar-refractivity contribution in [1.82, 2.24) is 0 Å². The third kappa shape index (κ3) is 2.41. The standard InChI is InChI=1S/C17H26.H2/c1-11-6-8-16(9-7-11)17-10-12(2)13(3)14(4)15(17)5;/h10-11,16H,6-9H2,1-5H3;1H. The molecule has 0 saturated heterocycles. The summed E-state index contributed by atoms with van der Waals surface area (Å²) in [5.41, 5.74) is 7.65. The molecule has 0 unspecified atom stereocenters. The van der Waals surface area contributed by atoms with Crippen molar-refractivity contribution in [2.45, 2.75) is 66.2 Å². The minimum atomic E-state index is 0. The second-order valence-electron chi connectivity index (χ2n) is 6.11. The molecule has 1 saturated carbocycles. The Labute approximate surface area is 108 Å². The summed E-state index contributed by atoms with van der Waals surface area (Å²) in [7, 11) is 0. The van der Waals surface area contributed by atoms with Gasteiger partial charge < -0.3 is 0 Å². The second kappa shape index (κ2) is 4.84. The fourth-order valence-corrected chi connectivity index (χ4v) is 3.24. The van der Waals surface area contributed by atoms with Crippen LogP contribution in [0.1, 0.15) is 67.8 Å². The number of aryl methyl sites for hydroxylation is 1. The van der Waals surface area contributed by atoms with Gasteiger partial charge in [0, 0.05) is 1.43 Å². The average molecular weight is 232 g/mol. The van der Waals surface area contributed by atoms with Gasteiger partial charge in [-0.1, -0.05) is 25.8 Å². The van der Waals surface area contributed by atoms with Gasteiger partial charge in [-0.2, -0.15) is 0 Å². The van der Waals surface area contributed by atoms with Crippen molar-refractivity contribution < 1.29 is 1.43 Å². The Morgan fingerprint density at radius 3 is 2.06 bits per heavy atom. The van der Waals surface area contributed by atoms with Gasteiger partial charge in [0.25, 0.3) is 0 Å².